The number of aromatic nitrogens is 1. The smallest absolute Gasteiger partial charge is 0.140 e. The van der Waals surface area contributed by atoms with E-state index >= 15 is 0 Å². The predicted octanol–water partition coefficient (Wildman–Crippen LogP) is 3.36. The first-order valence-electron chi connectivity index (χ1n) is 7.29. The third kappa shape index (κ3) is 3.33. The van der Waals surface area contributed by atoms with Crippen LogP contribution in [0.3, 0.4) is 0 Å². The molecule has 1 aromatic heterocycles. The van der Waals surface area contributed by atoms with Gasteiger partial charge in [-0.15, -0.1) is 0 Å². The van der Waals surface area contributed by atoms with E-state index in [0.29, 0.717) is 11.1 Å². The quantitative estimate of drug-likeness (QED) is 0.830. The van der Waals surface area contributed by atoms with Gasteiger partial charge in [0, 0.05) is 12.7 Å². The van der Waals surface area contributed by atoms with Crippen molar-refractivity contribution in [1.82, 2.24) is 9.88 Å². The molecule has 102 valence electrons. The highest BCUT2D eigenvalue weighted by molar-refractivity contribution is 5.25. The third-order valence-electron chi connectivity index (χ3n) is 4.76. The number of nitrogens with zero attached hydrogens (tertiary/aromatic N) is 3. The Morgan fingerprint density at radius 1 is 1.32 bits per heavy atom. The van der Waals surface area contributed by atoms with Crippen molar-refractivity contribution in [2.24, 2.45) is 5.41 Å². The molecule has 0 bridgehead atoms. The van der Waals surface area contributed by atoms with Crippen molar-refractivity contribution in [2.75, 3.05) is 13.1 Å². The standard InChI is InChI=1S/C16H23N3/c1-3-16(4-2)6-9-19(10-7-16)13-14-5-8-18-15(11-14)12-17/h5,8,11H,3-4,6-7,9-10,13H2,1-2H3. The van der Waals surface area contributed by atoms with Gasteiger partial charge in [-0.05, 0) is 49.0 Å². The molecule has 0 saturated carbocycles. The van der Waals surface area contributed by atoms with Gasteiger partial charge >= 0.3 is 0 Å². The molecule has 0 N–H and O–H groups in total. The van der Waals surface area contributed by atoms with E-state index in [1.165, 1.54) is 44.3 Å². The van der Waals surface area contributed by atoms with Crippen molar-refractivity contribution in [2.45, 2.75) is 46.1 Å². The summed E-state index contributed by atoms with van der Waals surface area (Å²) in [4.78, 5) is 6.52. The number of hydrogen-bond acceptors (Lipinski definition) is 3. The summed E-state index contributed by atoms with van der Waals surface area (Å²) in [7, 11) is 0. The summed E-state index contributed by atoms with van der Waals surface area (Å²) in [5, 5.41) is 8.87. The molecule has 2 heterocycles. The summed E-state index contributed by atoms with van der Waals surface area (Å²) in [6.07, 6.45) is 6.93. The Balaban J connectivity index is 1.94. The van der Waals surface area contributed by atoms with E-state index in [0.717, 1.165) is 6.54 Å². The number of hydrogen-bond donors (Lipinski definition) is 0. The molecule has 0 amide bonds. The monoisotopic (exact) mass is 257 g/mol. The first-order valence-corrected chi connectivity index (χ1v) is 7.29. The van der Waals surface area contributed by atoms with Gasteiger partial charge in [-0.2, -0.15) is 5.26 Å². The minimum Gasteiger partial charge on any atom is -0.299 e. The van der Waals surface area contributed by atoms with Crippen LogP contribution >= 0.6 is 0 Å². The summed E-state index contributed by atoms with van der Waals surface area (Å²) in [6, 6.07) is 6.03. The Morgan fingerprint density at radius 2 is 2.00 bits per heavy atom. The molecule has 19 heavy (non-hydrogen) atoms. The van der Waals surface area contributed by atoms with Gasteiger partial charge < -0.3 is 0 Å². The molecule has 1 aromatic rings. The lowest BCUT2D eigenvalue weighted by atomic mass is 9.74. The molecule has 0 aliphatic carbocycles. The molecule has 2 rings (SSSR count). The highest BCUT2D eigenvalue weighted by atomic mass is 15.1. The van der Waals surface area contributed by atoms with Crippen LogP contribution in [0.2, 0.25) is 0 Å². The maximum absolute atomic E-state index is 8.87. The average Bonchev–Trinajstić information content (AvgIpc) is 2.48. The average molecular weight is 257 g/mol. The second-order valence-corrected chi connectivity index (χ2v) is 5.64. The van der Waals surface area contributed by atoms with Gasteiger partial charge in [0.2, 0.25) is 0 Å². The second kappa shape index (κ2) is 6.16. The summed E-state index contributed by atoms with van der Waals surface area (Å²) in [6.45, 7) is 7.93. The van der Waals surface area contributed by atoms with Gasteiger partial charge in [-0.25, -0.2) is 4.98 Å². The van der Waals surface area contributed by atoms with Crippen molar-refractivity contribution in [3.8, 4) is 6.07 Å². The molecule has 1 aliphatic rings. The van der Waals surface area contributed by atoms with E-state index in [-0.39, 0.29) is 0 Å². The van der Waals surface area contributed by atoms with Crippen LogP contribution in [0.25, 0.3) is 0 Å². The van der Waals surface area contributed by atoms with Crippen LogP contribution < -0.4 is 0 Å². The van der Waals surface area contributed by atoms with E-state index < -0.39 is 0 Å². The van der Waals surface area contributed by atoms with Gasteiger partial charge in [0.05, 0.1) is 0 Å². The van der Waals surface area contributed by atoms with Crippen molar-refractivity contribution in [1.29, 1.82) is 5.26 Å². The van der Waals surface area contributed by atoms with E-state index in [2.05, 4.69) is 29.8 Å². The van der Waals surface area contributed by atoms with E-state index in [4.69, 9.17) is 5.26 Å². The molecule has 1 fully saturated rings. The van der Waals surface area contributed by atoms with Gasteiger partial charge in [0.1, 0.15) is 11.8 Å². The fourth-order valence-corrected chi connectivity index (χ4v) is 3.03. The molecule has 0 spiro atoms. The Bertz CT molecular complexity index is 447. The lowest BCUT2D eigenvalue weighted by Gasteiger charge is -2.41. The van der Waals surface area contributed by atoms with Crippen molar-refractivity contribution >= 4 is 0 Å². The largest absolute Gasteiger partial charge is 0.299 e. The lowest BCUT2D eigenvalue weighted by molar-refractivity contribution is 0.0909. The summed E-state index contributed by atoms with van der Waals surface area (Å²) in [5.41, 5.74) is 2.30. The molecule has 0 aromatic carbocycles. The Morgan fingerprint density at radius 3 is 2.58 bits per heavy atom. The van der Waals surface area contributed by atoms with Crippen molar-refractivity contribution in [3.05, 3.63) is 29.6 Å². The number of likely N-dealkylation sites (tertiary alicyclic amines) is 1. The molecular weight excluding hydrogens is 234 g/mol. The van der Waals surface area contributed by atoms with Crippen molar-refractivity contribution < 1.29 is 0 Å². The van der Waals surface area contributed by atoms with Gasteiger partial charge in [-0.1, -0.05) is 26.7 Å². The lowest BCUT2D eigenvalue weighted by Crippen LogP contribution is -2.39. The summed E-state index contributed by atoms with van der Waals surface area (Å²) in [5.74, 6) is 0. The zero-order valence-corrected chi connectivity index (χ0v) is 12.0. The molecule has 0 atom stereocenters. The Labute approximate surface area is 116 Å². The van der Waals surface area contributed by atoms with E-state index in [9.17, 15) is 0 Å². The topological polar surface area (TPSA) is 39.9 Å². The molecule has 1 aliphatic heterocycles. The highest BCUT2D eigenvalue weighted by Gasteiger charge is 2.30. The second-order valence-electron chi connectivity index (χ2n) is 5.64. The van der Waals surface area contributed by atoms with Crippen LogP contribution in [-0.4, -0.2) is 23.0 Å². The molecule has 3 heteroatoms. The summed E-state index contributed by atoms with van der Waals surface area (Å²) < 4.78 is 0. The maximum Gasteiger partial charge on any atom is 0.140 e. The Kier molecular flexibility index (Phi) is 4.55. The minimum absolute atomic E-state index is 0.519. The SMILES string of the molecule is CCC1(CC)CCN(Cc2ccnc(C#N)c2)CC1. The van der Waals surface area contributed by atoms with Crippen LogP contribution in [0, 0.1) is 16.7 Å². The van der Waals surface area contributed by atoms with Gasteiger partial charge in [0.25, 0.3) is 0 Å². The van der Waals surface area contributed by atoms with Crippen molar-refractivity contribution in [3.63, 3.8) is 0 Å². The molecule has 1 saturated heterocycles. The van der Waals surface area contributed by atoms with Crippen LogP contribution in [0.5, 0.6) is 0 Å². The minimum atomic E-state index is 0.519. The maximum atomic E-state index is 8.87. The van der Waals surface area contributed by atoms with Crippen LogP contribution in [0.1, 0.15) is 50.8 Å². The normalized spacial score (nSPS) is 19.0. The Hall–Kier alpha value is -1.40. The first-order chi connectivity index (χ1) is 9.21. The van der Waals surface area contributed by atoms with E-state index in [1.54, 1.807) is 6.20 Å². The molecule has 3 nitrogen and oxygen atoms in total. The first kappa shape index (κ1) is 14.0. The number of nitriles is 1. The zero-order valence-electron chi connectivity index (χ0n) is 12.0. The van der Waals surface area contributed by atoms with Crippen LogP contribution in [0.15, 0.2) is 18.3 Å². The third-order valence-corrected chi connectivity index (χ3v) is 4.76. The molecular formula is C16H23N3. The predicted molar refractivity (Wildman–Crippen MR) is 76.5 cm³/mol. The van der Waals surface area contributed by atoms with Crippen LogP contribution in [-0.2, 0) is 6.54 Å². The molecule has 0 radical (unpaired) electrons. The van der Waals surface area contributed by atoms with E-state index in [1.807, 2.05) is 12.1 Å². The number of pyridine rings is 1. The fourth-order valence-electron chi connectivity index (χ4n) is 3.03. The van der Waals surface area contributed by atoms with Crippen LogP contribution in [0.4, 0.5) is 0 Å². The summed E-state index contributed by atoms with van der Waals surface area (Å²) >= 11 is 0. The number of piperidine rings is 1. The number of rotatable bonds is 4. The van der Waals surface area contributed by atoms with Gasteiger partial charge in [-0.3, -0.25) is 4.90 Å². The zero-order chi connectivity index (χ0) is 13.7. The van der Waals surface area contributed by atoms with Gasteiger partial charge in [0.15, 0.2) is 0 Å². The highest BCUT2D eigenvalue weighted by Crippen LogP contribution is 2.38. The fraction of sp³-hybridized carbons (Fsp3) is 0.625. The molecule has 0 unspecified atom stereocenters.